The lowest BCUT2D eigenvalue weighted by Gasteiger charge is -2.19. The van der Waals surface area contributed by atoms with Crippen LogP contribution in [0.25, 0.3) is 0 Å². The molecule has 1 aliphatic heterocycles. The van der Waals surface area contributed by atoms with E-state index < -0.39 is 0 Å². The molecular weight excluding hydrogens is 519 g/mol. The van der Waals surface area contributed by atoms with E-state index in [0.29, 0.717) is 6.04 Å². The van der Waals surface area contributed by atoms with Crippen LogP contribution in [0.5, 0.6) is 17.2 Å². The fourth-order valence-electron chi connectivity index (χ4n) is 3.92. The molecule has 2 N–H and O–H groups in total. The molecule has 8 heteroatoms. The fraction of sp³-hybridized carbons (Fsp3) is 0.458. The van der Waals surface area contributed by atoms with Crippen LogP contribution in [0.4, 0.5) is 0 Å². The largest absolute Gasteiger partial charge is 0.497 e. The highest BCUT2D eigenvalue weighted by atomic mass is 127. The molecule has 0 spiro atoms. The number of para-hydroxylation sites is 1. The van der Waals surface area contributed by atoms with Crippen molar-refractivity contribution in [2.75, 3.05) is 48.0 Å². The molecule has 176 valence electrons. The van der Waals surface area contributed by atoms with E-state index in [1.54, 1.807) is 21.3 Å². The Kier molecular flexibility index (Phi) is 10.9. The minimum Gasteiger partial charge on any atom is -0.497 e. The third-order valence-electron chi connectivity index (χ3n) is 5.53. The number of nitrogens with zero attached hydrogens (tertiary/aromatic N) is 2. The molecule has 1 unspecified atom stereocenters. The van der Waals surface area contributed by atoms with Crippen LogP contribution in [0, 0.1) is 0 Å². The summed E-state index contributed by atoms with van der Waals surface area (Å²) in [6, 6.07) is 14.5. The number of benzene rings is 2. The van der Waals surface area contributed by atoms with Crippen molar-refractivity contribution in [3.63, 3.8) is 0 Å². The number of aliphatic imine (C=N–C) groups is 1. The number of rotatable bonds is 9. The van der Waals surface area contributed by atoms with Crippen molar-refractivity contribution in [1.82, 2.24) is 15.5 Å². The van der Waals surface area contributed by atoms with E-state index in [1.165, 1.54) is 11.1 Å². The van der Waals surface area contributed by atoms with Crippen LogP contribution in [0.1, 0.15) is 17.5 Å². The Morgan fingerprint density at radius 2 is 1.78 bits per heavy atom. The number of hydrogen-bond acceptors (Lipinski definition) is 5. The lowest BCUT2D eigenvalue weighted by Crippen LogP contribution is -2.45. The Morgan fingerprint density at radius 3 is 2.44 bits per heavy atom. The molecule has 0 saturated carbocycles. The van der Waals surface area contributed by atoms with Crippen molar-refractivity contribution in [1.29, 1.82) is 0 Å². The summed E-state index contributed by atoms with van der Waals surface area (Å²) < 4.78 is 16.2. The second-order valence-corrected chi connectivity index (χ2v) is 7.65. The average molecular weight is 554 g/mol. The summed E-state index contributed by atoms with van der Waals surface area (Å²) in [6.07, 6.45) is 1.95. The molecule has 1 aliphatic rings. The molecule has 2 aromatic carbocycles. The van der Waals surface area contributed by atoms with Crippen molar-refractivity contribution in [2.24, 2.45) is 4.99 Å². The van der Waals surface area contributed by atoms with E-state index in [4.69, 9.17) is 14.2 Å². The molecule has 32 heavy (non-hydrogen) atoms. The molecule has 1 fully saturated rings. The SMILES string of the molecule is CN=C(NCCc1ccccc1OC)NC1CCN(Cc2cc(OC)cc(OC)c2)C1.I. The molecule has 2 aromatic rings. The monoisotopic (exact) mass is 554 g/mol. The summed E-state index contributed by atoms with van der Waals surface area (Å²) in [5.74, 6) is 3.41. The minimum atomic E-state index is 0. The molecule has 1 heterocycles. The molecule has 0 aliphatic carbocycles. The first-order valence-corrected chi connectivity index (χ1v) is 10.7. The van der Waals surface area contributed by atoms with Crippen molar-refractivity contribution >= 4 is 29.9 Å². The second kappa shape index (κ2) is 13.4. The van der Waals surface area contributed by atoms with Gasteiger partial charge in [0, 0.05) is 45.3 Å². The number of guanidine groups is 1. The maximum absolute atomic E-state index is 5.43. The van der Waals surface area contributed by atoms with E-state index in [9.17, 15) is 0 Å². The van der Waals surface area contributed by atoms with Crippen LogP contribution in [0.2, 0.25) is 0 Å². The minimum absolute atomic E-state index is 0. The standard InChI is InChI=1S/C24H34N4O3.HI/c1-25-24(26-11-9-19-7-5-6-8-23(19)31-4)27-20-10-12-28(17-20)16-18-13-21(29-2)15-22(14-18)30-3;/h5-8,13-15,20H,9-12,16-17H2,1-4H3,(H2,25,26,27);1H. The first-order chi connectivity index (χ1) is 15.1. The average Bonchev–Trinajstić information content (AvgIpc) is 3.24. The van der Waals surface area contributed by atoms with Gasteiger partial charge in [-0.25, -0.2) is 0 Å². The third-order valence-corrected chi connectivity index (χ3v) is 5.53. The third kappa shape index (κ3) is 7.44. The van der Waals surface area contributed by atoms with Crippen LogP contribution in [-0.2, 0) is 13.0 Å². The molecule has 1 saturated heterocycles. The highest BCUT2D eigenvalue weighted by Gasteiger charge is 2.23. The topological polar surface area (TPSA) is 67.4 Å². The lowest BCUT2D eigenvalue weighted by molar-refractivity contribution is 0.321. The van der Waals surface area contributed by atoms with Crippen molar-refractivity contribution in [2.45, 2.75) is 25.4 Å². The molecule has 1 atom stereocenters. The van der Waals surface area contributed by atoms with Gasteiger partial charge in [-0.3, -0.25) is 9.89 Å². The number of likely N-dealkylation sites (tertiary alicyclic amines) is 1. The van der Waals surface area contributed by atoms with E-state index >= 15 is 0 Å². The molecule has 7 nitrogen and oxygen atoms in total. The van der Waals surface area contributed by atoms with Crippen LogP contribution in [0.3, 0.4) is 0 Å². The summed E-state index contributed by atoms with van der Waals surface area (Å²) in [4.78, 5) is 6.83. The van der Waals surface area contributed by atoms with E-state index in [-0.39, 0.29) is 24.0 Å². The zero-order chi connectivity index (χ0) is 22.1. The van der Waals surface area contributed by atoms with E-state index in [1.807, 2.05) is 31.3 Å². The van der Waals surface area contributed by atoms with Gasteiger partial charge in [-0.1, -0.05) is 18.2 Å². The van der Waals surface area contributed by atoms with Gasteiger partial charge in [0.25, 0.3) is 0 Å². The Balaban J connectivity index is 0.00000363. The first kappa shape index (κ1) is 26.1. The zero-order valence-corrected chi connectivity index (χ0v) is 21.7. The Bertz CT molecular complexity index is 856. The molecule has 0 amide bonds. The molecule has 0 bridgehead atoms. The van der Waals surface area contributed by atoms with Gasteiger partial charge in [0.05, 0.1) is 21.3 Å². The lowest BCUT2D eigenvalue weighted by atomic mass is 10.1. The van der Waals surface area contributed by atoms with Gasteiger partial charge in [-0.05, 0) is 42.2 Å². The Hall–Kier alpha value is -2.20. The summed E-state index contributed by atoms with van der Waals surface area (Å²) in [5.41, 5.74) is 2.38. The van der Waals surface area contributed by atoms with Crippen molar-refractivity contribution < 1.29 is 14.2 Å². The quantitative estimate of drug-likeness (QED) is 0.282. The van der Waals surface area contributed by atoms with Crippen LogP contribution in [0.15, 0.2) is 47.5 Å². The van der Waals surface area contributed by atoms with Gasteiger partial charge in [0.1, 0.15) is 17.2 Å². The highest BCUT2D eigenvalue weighted by Crippen LogP contribution is 2.24. The second-order valence-electron chi connectivity index (χ2n) is 7.65. The van der Waals surface area contributed by atoms with E-state index in [2.05, 4.69) is 38.7 Å². The maximum Gasteiger partial charge on any atom is 0.191 e. The van der Waals surface area contributed by atoms with Crippen molar-refractivity contribution in [3.05, 3.63) is 53.6 Å². The molecule has 0 radical (unpaired) electrons. The van der Waals surface area contributed by atoms with Crippen LogP contribution >= 0.6 is 24.0 Å². The number of hydrogen-bond donors (Lipinski definition) is 2. The Morgan fingerprint density at radius 1 is 1.06 bits per heavy atom. The van der Waals surface area contributed by atoms with Gasteiger partial charge >= 0.3 is 0 Å². The number of ether oxygens (including phenoxy) is 3. The van der Waals surface area contributed by atoms with Crippen molar-refractivity contribution in [3.8, 4) is 17.2 Å². The number of methoxy groups -OCH3 is 3. The van der Waals surface area contributed by atoms with Gasteiger partial charge in [-0.2, -0.15) is 0 Å². The van der Waals surface area contributed by atoms with Gasteiger partial charge in [0.2, 0.25) is 0 Å². The molecular formula is C24H35IN4O3. The summed E-state index contributed by atoms with van der Waals surface area (Å²) in [5, 5.41) is 6.98. The molecule has 3 rings (SSSR count). The normalized spacial score (nSPS) is 16.2. The number of halogens is 1. The van der Waals surface area contributed by atoms with Crippen LogP contribution in [-0.4, -0.2) is 64.9 Å². The first-order valence-electron chi connectivity index (χ1n) is 10.7. The number of nitrogens with one attached hydrogen (secondary N) is 2. The molecule has 0 aromatic heterocycles. The highest BCUT2D eigenvalue weighted by molar-refractivity contribution is 14.0. The summed E-state index contributed by atoms with van der Waals surface area (Å²) >= 11 is 0. The van der Waals surface area contributed by atoms with Gasteiger partial charge < -0.3 is 24.8 Å². The van der Waals surface area contributed by atoms with Gasteiger partial charge in [-0.15, -0.1) is 24.0 Å². The zero-order valence-electron chi connectivity index (χ0n) is 19.4. The maximum atomic E-state index is 5.43. The van der Waals surface area contributed by atoms with E-state index in [0.717, 1.165) is 62.2 Å². The summed E-state index contributed by atoms with van der Waals surface area (Å²) in [7, 11) is 6.88. The Labute approximate surface area is 208 Å². The van der Waals surface area contributed by atoms with Gasteiger partial charge in [0.15, 0.2) is 5.96 Å². The fourth-order valence-corrected chi connectivity index (χ4v) is 3.92. The predicted octanol–water partition coefficient (Wildman–Crippen LogP) is 3.31. The predicted molar refractivity (Wildman–Crippen MR) is 140 cm³/mol. The smallest absolute Gasteiger partial charge is 0.191 e. The van der Waals surface area contributed by atoms with Crippen LogP contribution < -0.4 is 24.8 Å². The summed E-state index contributed by atoms with van der Waals surface area (Å²) in [6.45, 7) is 3.66.